The van der Waals surface area contributed by atoms with E-state index in [1.54, 1.807) is 0 Å². The van der Waals surface area contributed by atoms with Gasteiger partial charge in [0.05, 0.1) is 21.9 Å². The molecule has 1 amide bonds. The van der Waals surface area contributed by atoms with Gasteiger partial charge >= 0.3 is 12.3 Å². The molecule has 0 saturated carbocycles. The summed E-state index contributed by atoms with van der Waals surface area (Å²) in [5.41, 5.74) is -7.73. The molecule has 2 aromatic carbocycles. The minimum absolute atomic E-state index is 0.247. The van der Waals surface area contributed by atoms with E-state index in [9.17, 15) is 40.9 Å². The number of alkyl halides is 3. The molecule has 0 bridgehead atoms. The van der Waals surface area contributed by atoms with Gasteiger partial charge in [-0.2, -0.15) is 13.2 Å². The van der Waals surface area contributed by atoms with Crippen LogP contribution in [0.25, 0.3) is 0 Å². The number of nitro benzene ring substituents is 1. The fourth-order valence-corrected chi connectivity index (χ4v) is 5.10. The van der Waals surface area contributed by atoms with Crippen LogP contribution < -0.4 is 10.6 Å². The van der Waals surface area contributed by atoms with Gasteiger partial charge in [-0.25, -0.2) is 26.3 Å². The molecule has 1 atom stereocenters. The molecule has 1 heterocycles. The number of hydrogen-bond acceptors (Lipinski definition) is 6. The zero-order chi connectivity index (χ0) is 27.2. The van der Waals surface area contributed by atoms with E-state index >= 15 is 4.39 Å². The Kier molecular flexibility index (Phi) is 6.56. The number of guanidine groups is 1. The normalized spacial score (nSPS) is 20.6. The van der Waals surface area contributed by atoms with Crippen molar-refractivity contribution in [1.82, 2.24) is 9.62 Å². The van der Waals surface area contributed by atoms with Crippen molar-refractivity contribution in [3.05, 3.63) is 63.2 Å². The van der Waals surface area contributed by atoms with Gasteiger partial charge in [0.25, 0.3) is 5.69 Å². The Labute approximate surface area is 199 Å². The van der Waals surface area contributed by atoms with Gasteiger partial charge in [-0.3, -0.25) is 10.1 Å². The summed E-state index contributed by atoms with van der Waals surface area (Å²) in [5, 5.41) is 24.7. The van der Waals surface area contributed by atoms with Crippen LogP contribution in [0.1, 0.15) is 18.1 Å². The summed E-state index contributed by atoms with van der Waals surface area (Å²) in [6.07, 6.45) is -7.16. The number of hydrogen-bond donors (Lipinski definition) is 3. The van der Waals surface area contributed by atoms with Crippen molar-refractivity contribution in [1.29, 1.82) is 0 Å². The lowest BCUT2D eigenvalue weighted by Crippen LogP contribution is -2.61. The fraction of sp³-hybridized carbons (Fsp3) is 0.263. The maximum absolute atomic E-state index is 15.6. The van der Waals surface area contributed by atoms with E-state index in [0.717, 1.165) is 25.2 Å². The quantitative estimate of drug-likeness (QED) is 0.303. The average molecular weight is 537 g/mol. The zero-order valence-corrected chi connectivity index (χ0v) is 19.0. The minimum atomic E-state index is -5.40. The minimum Gasteiger partial charge on any atom is -0.463 e. The predicted molar refractivity (Wildman–Crippen MR) is 115 cm³/mol. The highest BCUT2D eigenvalue weighted by Crippen LogP contribution is 2.43. The number of nitrogens with zero attached hydrogens (tertiary/aromatic N) is 3. The average Bonchev–Trinajstić information content (AvgIpc) is 2.71. The van der Waals surface area contributed by atoms with Crippen LogP contribution >= 0.6 is 0 Å². The van der Waals surface area contributed by atoms with E-state index in [0.29, 0.717) is 10.4 Å². The standard InChI is InChI=1S/C19H16F5N5O6S/c1-18(8-36(34,35)28(2)16(27-18)26-17(30)31)9-4-3-5-11(14(9)21)25-15-12(29(32)33)7-6-10(20)13(15)19(22,23)24/h3-7,25H,8H2,1-2H3,(H,26,27)(H,30,31)/t18-/m0/s1. The largest absolute Gasteiger partial charge is 0.463 e. The molecule has 0 spiro atoms. The Morgan fingerprint density at radius 2 is 1.92 bits per heavy atom. The number of carbonyl (C=O) groups is 1. The van der Waals surface area contributed by atoms with Gasteiger partial charge in [-0.15, -0.1) is 4.99 Å². The van der Waals surface area contributed by atoms with Gasteiger partial charge in [-0.1, -0.05) is 12.1 Å². The van der Waals surface area contributed by atoms with Crippen LogP contribution in [0.5, 0.6) is 0 Å². The van der Waals surface area contributed by atoms with Crippen molar-refractivity contribution in [2.45, 2.75) is 18.6 Å². The summed E-state index contributed by atoms with van der Waals surface area (Å²) < 4.78 is 95.9. The number of carboxylic acid groups (broad SMARTS) is 1. The molecule has 1 fully saturated rings. The Bertz CT molecular complexity index is 1400. The number of rotatable bonds is 4. The van der Waals surface area contributed by atoms with Gasteiger partial charge < -0.3 is 15.7 Å². The van der Waals surface area contributed by atoms with E-state index in [-0.39, 0.29) is 6.07 Å². The van der Waals surface area contributed by atoms with Gasteiger partial charge in [0.15, 0.2) is 5.82 Å². The van der Waals surface area contributed by atoms with E-state index in [2.05, 4.69) is 10.3 Å². The van der Waals surface area contributed by atoms with E-state index in [1.165, 1.54) is 6.92 Å². The highest BCUT2D eigenvalue weighted by atomic mass is 32.2. The summed E-state index contributed by atoms with van der Waals surface area (Å²) in [6, 6.07) is 3.78. The number of halogens is 5. The first-order valence-corrected chi connectivity index (χ1v) is 11.3. The second-order valence-corrected chi connectivity index (χ2v) is 9.76. The third-order valence-corrected chi connectivity index (χ3v) is 7.19. The van der Waals surface area contributed by atoms with Crippen molar-refractivity contribution in [2.24, 2.45) is 4.99 Å². The molecule has 0 unspecified atom stereocenters. The van der Waals surface area contributed by atoms with Crippen molar-refractivity contribution >= 4 is 39.1 Å². The second-order valence-electron chi connectivity index (χ2n) is 7.76. The van der Waals surface area contributed by atoms with E-state index in [1.807, 2.05) is 5.32 Å². The number of aliphatic imine (C=N–C) groups is 1. The first-order valence-electron chi connectivity index (χ1n) is 9.64. The number of anilines is 2. The summed E-state index contributed by atoms with van der Waals surface area (Å²) in [6.45, 7) is 1.17. The predicted octanol–water partition coefficient (Wildman–Crippen LogP) is 3.75. The Balaban J connectivity index is 2.18. The number of nitrogens with one attached hydrogen (secondary N) is 2. The molecule has 0 radical (unpaired) electrons. The number of amides is 1. The molecule has 1 saturated heterocycles. The lowest BCUT2D eigenvalue weighted by molar-refractivity contribution is -0.384. The Morgan fingerprint density at radius 3 is 2.47 bits per heavy atom. The molecule has 2 aromatic rings. The van der Waals surface area contributed by atoms with Crippen LogP contribution in [0.4, 0.5) is 43.8 Å². The van der Waals surface area contributed by atoms with Gasteiger partial charge in [0, 0.05) is 18.7 Å². The van der Waals surface area contributed by atoms with E-state index < -0.39 is 84.3 Å². The fourth-order valence-electron chi connectivity index (χ4n) is 3.60. The topological polar surface area (TPSA) is 154 Å². The summed E-state index contributed by atoms with van der Waals surface area (Å²) in [4.78, 5) is 24.2. The molecule has 3 rings (SSSR count). The molecule has 11 nitrogen and oxygen atoms in total. The lowest BCUT2D eigenvalue weighted by atomic mass is 9.92. The molecule has 36 heavy (non-hydrogen) atoms. The SMILES string of the molecule is CN1/C(=N/C(=O)O)N[C@](C)(c2cccc(Nc3c([N+](=O)[O-])ccc(F)c3C(F)(F)F)c2F)CS1(=O)=O. The number of benzene rings is 2. The Morgan fingerprint density at radius 1 is 1.28 bits per heavy atom. The first kappa shape index (κ1) is 26.6. The molecule has 0 aliphatic carbocycles. The zero-order valence-electron chi connectivity index (χ0n) is 18.2. The molecule has 3 N–H and O–H groups in total. The maximum atomic E-state index is 15.6. The van der Waals surface area contributed by atoms with Crippen molar-refractivity contribution in [2.75, 3.05) is 18.1 Å². The monoisotopic (exact) mass is 537 g/mol. The molecular formula is C19H16F5N5O6S. The molecule has 1 aliphatic rings. The second kappa shape index (κ2) is 8.89. The van der Waals surface area contributed by atoms with Crippen molar-refractivity contribution in [3.8, 4) is 0 Å². The molecule has 17 heteroatoms. The van der Waals surface area contributed by atoms with Crippen LogP contribution in [-0.2, 0) is 21.7 Å². The highest BCUT2D eigenvalue weighted by molar-refractivity contribution is 7.89. The lowest BCUT2D eigenvalue weighted by Gasteiger charge is -2.40. The Hall–Kier alpha value is -4.02. The van der Waals surface area contributed by atoms with Crippen LogP contribution in [0.2, 0.25) is 0 Å². The molecular weight excluding hydrogens is 521 g/mol. The first-order chi connectivity index (χ1) is 16.5. The summed E-state index contributed by atoms with van der Waals surface area (Å²) >= 11 is 0. The number of nitro groups is 1. The highest BCUT2D eigenvalue weighted by Gasteiger charge is 2.45. The smallest absolute Gasteiger partial charge is 0.434 e. The molecule has 194 valence electrons. The van der Waals surface area contributed by atoms with Crippen molar-refractivity contribution in [3.63, 3.8) is 0 Å². The summed E-state index contributed by atoms with van der Waals surface area (Å²) in [5.74, 6) is -4.69. The van der Waals surface area contributed by atoms with Crippen LogP contribution in [0.3, 0.4) is 0 Å². The van der Waals surface area contributed by atoms with Gasteiger partial charge in [-0.05, 0) is 19.1 Å². The molecule has 1 aliphatic heterocycles. The third kappa shape index (κ3) is 4.86. The van der Waals surface area contributed by atoms with Crippen molar-refractivity contribution < 1.29 is 45.2 Å². The van der Waals surface area contributed by atoms with Crippen LogP contribution in [0, 0.1) is 21.7 Å². The number of sulfonamides is 1. The molecule has 0 aromatic heterocycles. The van der Waals surface area contributed by atoms with E-state index in [4.69, 9.17) is 5.11 Å². The summed E-state index contributed by atoms with van der Waals surface area (Å²) in [7, 11) is -3.25. The van der Waals surface area contributed by atoms with Gasteiger partial charge in [0.2, 0.25) is 16.0 Å². The van der Waals surface area contributed by atoms with Gasteiger partial charge in [0.1, 0.15) is 17.1 Å². The van der Waals surface area contributed by atoms with Crippen LogP contribution in [-0.4, -0.2) is 47.6 Å². The third-order valence-electron chi connectivity index (χ3n) is 5.24. The van der Waals surface area contributed by atoms with Crippen LogP contribution in [0.15, 0.2) is 35.3 Å². The maximum Gasteiger partial charge on any atom is 0.434 e.